The highest BCUT2D eigenvalue weighted by Gasteiger charge is 2.16. The summed E-state index contributed by atoms with van der Waals surface area (Å²) in [4.78, 5) is 4.98. The van der Waals surface area contributed by atoms with Gasteiger partial charge in [-0.15, -0.1) is 0 Å². The van der Waals surface area contributed by atoms with Gasteiger partial charge < -0.3 is 4.90 Å². The van der Waals surface area contributed by atoms with Crippen molar-refractivity contribution in [2.24, 2.45) is 0 Å². The smallest absolute Gasteiger partial charge is 0.0231 e. The molecule has 0 radical (unpaired) electrons. The second-order valence-corrected chi connectivity index (χ2v) is 6.47. The summed E-state index contributed by atoms with van der Waals surface area (Å²) in [5.74, 6) is 0.557. The van der Waals surface area contributed by atoms with Crippen LogP contribution in [0, 0.1) is 6.92 Å². The van der Waals surface area contributed by atoms with Crippen molar-refractivity contribution in [3.63, 3.8) is 0 Å². The Morgan fingerprint density at radius 1 is 1.14 bits per heavy atom. The first-order valence-corrected chi connectivity index (χ1v) is 8.05. The van der Waals surface area contributed by atoms with E-state index in [1.165, 1.54) is 42.9 Å². The van der Waals surface area contributed by atoms with Crippen molar-refractivity contribution in [2.75, 3.05) is 39.8 Å². The Morgan fingerprint density at radius 2 is 1.95 bits per heavy atom. The zero-order chi connectivity index (χ0) is 14.7. The zero-order valence-corrected chi connectivity index (χ0v) is 13.3. The van der Waals surface area contributed by atoms with Crippen LogP contribution < -0.4 is 0 Å². The summed E-state index contributed by atoms with van der Waals surface area (Å²) in [5, 5.41) is 0. The van der Waals surface area contributed by atoms with Crippen molar-refractivity contribution in [2.45, 2.75) is 19.3 Å². The summed E-state index contributed by atoms with van der Waals surface area (Å²) in [6.07, 6.45) is 8.31. The van der Waals surface area contributed by atoms with E-state index in [0.717, 1.165) is 13.0 Å². The average Bonchev–Trinajstić information content (AvgIpc) is 2.50. The largest absolute Gasteiger partial charge is 0.304 e. The first kappa shape index (κ1) is 14.6. The average molecular weight is 282 g/mol. The fourth-order valence-electron chi connectivity index (χ4n) is 3.19. The molecule has 1 aromatic carbocycles. The molecule has 2 heteroatoms. The zero-order valence-electron chi connectivity index (χ0n) is 13.3. The third-order valence-electron chi connectivity index (χ3n) is 4.65. The first-order valence-electron chi connectivity index (χ1n) is 8.05. The molecule has 0 spiro atoms. The molecule has 1 heterocycles. The maximum atomic E-state index is 2.57. The normalized spacial score (nSPS) is 24.1. The highest BCUT2D eigenvalue weighted by atomic mass is 15.2. The van der Waals surface area contributed by atoms with E-state index in [1.807, 2.05) is 0 Å². The summed E-state index contributed by atoms with van der Waals surface area (Å²) in [7, 11) is 2.21. The maximum Gasteiger partial charge on any atom is 0.0231 e. The van der Waals surface area contributed by atoms with E-state index < -0.39 is 0 Å². The number of allylic oxidation sites excluding steroid dienone is 2. The minimum Gasteiger partial charge on any atom is -0.304 e. The van der Waals surface area contributed by atoms with Crippen LogP contribution in [0.15, 0.2) is 48.1 Å². The molecule has 1 aliphatic carbocycles. The number of aryl methyl sites for hydroxylation is 1. The van der Waals surface area contributed by atoms with E-state index >= 15 is 0 Å². The van der Waals surface area contributed by atoms with Crippen molar-refractivity contribution in [3.05, 3.63) is 59.2 Å². The Bertz CT molecular complexity index is 536. The number of rotatable bonds is 3. The van der Waals surface area contributed by atoms with Gasteiger partial charge in [-0.1, -0.05) is 48.1 Å². The second kappa shape index (κ2) is 6.59. The van der Waals surface area contributed by atoms with Crippen LogP contribution in [0.4, 0.5) is 0 Å². The summed E-state index contributed by atoms with van der Waals surface area (Å²) in [5.41, 5.74) is 4.29. The van der Waals surface area contributed by atoms with E-state index in [4.69, 9.17) is 0 Å². The molecule has 21 heavy (non-hydrogen) atoms. The molecule has 2 nitrogen and oxygen atoms in total. The Balaban J connectivity index is 1.56. The van der Waals surface area contributed by atoms with Gasteiger partial charge in [-0.2, -0.15) is 0 Å². The molecule has 3 rings (SSSR count). The lowest BCUT2D eigenvalue weighted by atomic mass is 9.89. The molecular formula is C19H26N2. The van der Waals surface area contributed by atoms with Crippen LogP contribution >= 0.6 is 0 Å². The van der Waals surface area contributed by atoms with Gasteiger partial charge in [-0.05, 0) is 31.5 Å². The molecule has 0 N–H and O–H groups in total. The number of hydrogen-bond acceptors (Lipinski definition) is 2. The van der Waals surface area contributed by atoms with Gasteiger partial charge in [0.1, 0.15) is 0 Å². The summed E-state index contributed by atoms with van der Waals surface area (Å²) < 4.78 is 0. The number of benzene rings is 1. The molecule has 1 aromatic rings. The highest BCUT2D eigenvalue weighted by molar-refractivity contribution is 5.35. The van der Waals surface area contributed by atoms with Crippen molar-refractivity contribution < 1.29 is 0 Å². The summed E-state index contributed by atoms with van der Waals surface area (Å²) in [6.45, 7) is 8.08. The van der Waals surface area contributed by atoms with Gasteiger partial charge in [0.15, 0.2) is 0 Å². The Hall–Kier alpha value is -1.38. The van der Waals surface area contributed by atoms with Gasteiger partial charge >= 0.3 is 0 Å². The Kier molecular flexibility index (Phi) is 4.57. The molecule has 1 atom stereocenters. The van der Waals surface area contributed by atoms with E-state index in [2.05, 4.69) is 66.3 Å². The molecular weight excluding hydrogens is 256 g/mol. The van der Waals surface area contributed by atoms with Crippen LogP contribution in [-0.2, 0) is 0 Å². The van der Waals surface area contributed by atoms with Crippen molar-refractivity contribution in [1.82, 2.24) is 9.80 Å². The van der Waals surface area contributed by atoms with Gasteiger partial charge in [0.25, 0.3) is 0 Å². The number of nitrogens with zero attached hydrogens (tertiary/aromatic N) is 2. The van der Waals surface area contributed by atoms with Crippen LogP contribution in [0.25, 0.3) is 0 Å². The van der Waals surface area contributed by atoms with Gasteiger partial charge in [0, 0.05) is 38.6 Å². The van der Waals surface area contributed by atoms with E-state index in [0.29, 0.717) is 5.92 Å². The fourth-order valence-corrected chi connectivity index (χ4v) is 3.19. The number of likely N-dealkylation sites (N-methyl/N-ethyl adjacent to an activating group) is 1. The lowest BCUT2D eigenvalue weighted by molar-refractivity contribution is 0.164. The van der Waals surface area contributed by atoms with Crippen molar-refractivity contribution in [3.8, 4) is 0 Å². The topological polar surface area (TPSA) is 6.48 Å². The molecule has 2 aliphatic rings. The number of hydrogen-bond donors (Lipinski definition) is 0. The standard InChI is InChI=1S/C19H26N2/c1-16-4-3-5-19(14-16)18-8-6-17(7-9-18)15-21-12-10-20(2)11-13-21/h3-8,14,18H,9-13,15H2,1-2H3. The van der Waals surface area contributed by atoms with Crippen LogP contribution in [0.2, 0.25) is 0 Å². The third kappa shape index (κ3) is 3.84. The molecule has 1 saturated heterocycles. The van der Waals surface area contributed by atoms with E-state index in [-0.39, 0.29) is 0 Å². The Labute approximate surface area is 128 Å². The Morgan fingerprint density at radius 3 is 2.62 bits per heavy atom. The molecule has 0 saturated carbocycles. The lowest BCUT2D eigenvalue weighted by Gasteiger charge is -2.33. The molecule has 0 bridgehead atoms. The van der Waals surface area contributed by atoms with Crippen molar-refractivity contribution >= 4 is 0 Å². The van der Waals surface area contributed by atoms with E-state index in [9.17, 15) is 0 Å². The highest BCUT2D eigenvalue weighted by Crippen LogP contribution is 2.27. The molecule has 1 fully saturated rings. The van der Waals surface area contributed by atoms with Gasteiger partial charge in [-0.3, -0.25) is 4.90 Å². The lowest BCUT2D eigenvalue weighted by Crippen LogP contribution is -2.45. The minimum absolute atomic E-state index is 0.557. The minimum atomic E-state index is 0.557. The van der Waals surface area contributed by atoms with Crippen LogP contribution in [-0.4, -0.2) is 49.6 Å². The van der Waals surface area contributed by atoms with Crippen LogP contribution in [0.1, 0.15) is 23.5 Å². The number of piperazine rings is 1. The molecule has 112 valence electrons. The third-order valence-corrected chi connectivity index (χ3v) is 4.65. The molecule has 1 unspecified atom stereocenters. The van der Waals surface area contributed by atoms with Gasteiger partial charge in [0.2, 0.25) is 0 Å². The molecule has 0 amide bonds. The van der Waals surface area contributed by atoms with Crippen molar-refractivity contribution in [1.29, 1.82) is 0 Å². The SMILES string of the molecule is Cc1cccc(C2C=CC(CN3CCN(C)CC3)=CC2)c1. The predicted molar refractivity (Wildman–Crippen MR) is 89.7 cm³/mol. The quantitative estimate of drug-likeness (QED) is 0.840. The monoisotopic (exact) mass is 282 g/mol. The fraction of sp³-hybridized carbons (Fsp3) is 0.474. The first-order chi connectivity index (χ1) is 10.2. The van der Waals surface area contributed by atoms with E-state index in [1.54, 1.807) is 0 Å². The molecule has 1 aliphatic heterocycles. The second-order valence-electron chi connectivity index (χ2n) is 6.47. The van der Waals surface area contributed by atoms with Crippen LogP contribution in [0.3, 0.4) is 0 Å². The van der Waals surface area contributed by atoms with Gasteiger partial charge in [-0.25, -0.2) is 0 Å². The predicted octanol–water partition coefficient (Wildman–Crippen LogP) is 3.21. The van der Waals surface area contributed by atoms with Gasteiger partial charge in [0.05, 0.1) is 0 Å². The summed E-state index contributed by atoms with van der Waals surface area (Å²) in [6, 6.07) is 8.91. The van der Waals surface area contributed by atoms with Crippen LogP contribution in [0.5, 0.6) is 0 Å². The molecule has 0 aromatic heterocycles. The maximum absolute atomic E-state index is 2.57. The summed E-state index contributed by atoms with van der Waals surface area (Å²) >= 11 is 0.